The van der Waals surface area contributed by atoms with Crippen molar-refractivity contribution in [1.29, 1.82) is 0 Å². The number of ether oxygens (including phenoxy) is 1. The summed E-state index contributed by atoms with van der Waals surface area (Å²) in [6.45, 7) is 1.85. The van der Waals surface area contributed by atoms with Gasteiger partial charge >= 0.3 is 0 Å². The Hall–Kier alpha value is -2.90. The van der Waals surface area contributed by atoms with Crippen molar-refractivity contribution in [3.8, 4) is 5.75 Å². The summed E-state index contributed by atoms with van der Waals surface area (Å²) in [7, 11) is 0. The molecule has 1 N–H and O–H groups in total. The first-order valence-electron chi connectivity index (χ1n) is 10.1. The molecule has 2 heterocycles. The summed E-state index contributed by atoms with van der Waals surface area (Å²) in [5.41, 5.74) is 0. The van der Waals surface area contributed by atoms with Crippen LogP contribution in [-0.4, -0.2) is 66.2 Å². The van der Waals surface area contributed by atoms with E-state index >= 15 is 0 Å². The van der Waals surface area contributed by atoms with Gasteiger partial charge in [0.1, 0.15) is 5.75 Å². The molecule has 1 aromatic rings. The molecule has 0 saturated carbocycles. The monoisotopic (exact) mass is 401 g/mol. The maximum atomic E-state index is 12.3. The number of amides is 4. The summed E-state index contributed by atoms with van der Waals surface area (Å²) in [5.74, 6) is 0.171. The van der Waals surface area contributed by atoms with E-state index in [1.165, 1.54) is 4.90 Å². The van der Waals surface area contributed by atoms with Gasteiger partial charge < -0.3 is 15.0 Å². The van der Waals surface area contributed by atoms with Crippen molar-refractivity contribution in [2.24, 2.45) is 5.92 Å². The molecule has 0 radical (unpaired) electrons. The highest BCUT2D eigenvalue weighted by Gasteiger charge is 2.29. The Morgan fingerprint density at radius 2 is 1.69 bits per heavy atom. The van der Waals surface area contributed by atoms with E-state index in [-0.39, 0.29) is 36.2 Å². The molecule has 3 rings (SSSR count). The Kier molecular flexibility index (Phi) is 7.21. The molecule has 2 aliphatic rings. The normalized spacial score (nSPS) is 17.5. The van der Waals surface area contributed by atoms with Crippen molar-refractivity contribution < 1.29 is 23.9 Å². The van der Waals surface area contributed by atoms with Crippen LogP contribution in [0.25, 0.3) is 0 Å². The maximum absolute atomic E-state index is 12.3. The predicted octanol–water partition coefficient (Wildman–Crippen LogP) is 0.959. The minimum atomic E-state index is -0.130. The number of nitrogens with zero attached hydrogens (tertiary/aromatic N) is 2. The molecule has 0 unspecified atom stereocenters. The lowest BCUT2D eigenvalue weighted by Gasteiger charge is -2.31. The number of piperidine rings is 1. The standard InChI is InChI=1S/C21H27N3O5/c25-18-7-8-19(26)24(18)12-4-11-22-21(28)16-9-13-23(14-10-16)20(27)15-29-17-5-2-1-3-6-17/h1-3,5-6,16H,4,7-15H2,(H,22,28). The first-order valence-corrected chi connectivity index (χ1v) is 10.1. The smallest absolute Gasteiger partial charge is 0.260 e. The van der Waals surface area contributed by atoms with Gasteiger partial charge in [0.15, 0.2) is 6.61 Å². The van der Waals surface area contributed by atoms with E-state index in [1.54, 1.807) is 17.0 Å². The molecule has 0 spiro atoms. The molecule has 2 fully saturated rings. The molecule has 8 heteroatoms. The molecule has 8 nitrogen and oxygen atoms in total. The summed E-state index contributed by atoms with van der Waals surface area (Å²) in [5, 5.41) is 2.88. The number of hydrogen-bond acceptors (Lipinski definition) is 5. The molecule has 29 heavy (non-hydrogen) atoms. The molecular formula is C21H27N3O5. The fourth-order valence-electron chi connectivity index (χ4n) is 3.61. The van der Waals surface area contributed by atoms with Crippen molar-refractivity contribution in [2.45, 2.75) is 32.1 Å². The molecule has 156 valence electrons. The highest BCUT2D eigenvalue weighted by atomic mass is 16.5. The Bertz CT molecular complexity index is 728. The molecule has 1 aromatic carbocycles. The average molecular weight is 401 g/mol. The Labute approximate surface area is 170 Å². The number of carbonyl (C=O) groups is 4. The van der Waals surface area contributed by atoms with Crippen molar-refractivity contribution in [3.05, 3.63) is 30.3 Å². The second-order valence-corrected chi connectivity index (χ2v) is 7.34. The van der Waals surface area contributed by atoms with Gasteiger partial charge in [0, 0.05) is 44.9 Å². The Balaban J connectivity index is 1.31. The minimum absolute atomic E-state index is 0.00514. The fraction of sp³-hybridized carbons (Fsp3) is 0.524. The molecule has 2 aliphatic heterocycles. The minimum Gasteiger partial charge on any atom is -0.484 e. The maximum Gasteiger partial charge on any atom is 0.260 e. The molecule has 0 atom stereocenters. The van der Waals surface area contributed by atoms with Crippen LogP contribution in [0.5, 0.6) is 5.75 Å². The third-order valence-electron chi connectivity index (χ3n) is 5.34. The van der Waals surface area contributed by atoms with E-state index in [9.17, 15) is 19.2 Å². The third-order valence-corrected chi connectivity index (χ3v) is 5.34. The van der Waals surface area contributed by atoms with E-state index < -0.39 is 0 Å². The van der Waals surface area contributed by atoms with E-state index in [1.807, 2.05) is 18.2 Å². The number of nitrogens with one attached hydrogen (secondary N) is 1. The molecule has 0 aliphatic carbocycles. The van der Waals surface area contributed by atoms with Gasteiger partial charge in [-0.2, -0.15) is 0 Å². The Morgan fingerprint density at radius 3 is 2.34 bits per heavy atom. The number of carbonyl (C=O) groups excluding carboxylic acids is 4. The highest BCUT2D eigenvalue weighted by Crippen LogP contribution is 2.18. The second kappa shape index (κ2) is 10.0. The van der Waals surface area contributed by atoms with Crippen molar-refractivity contribution in [1.82, 2.24) is 15.1 Å². The third kappa shape index (κ3) is 5.79. The van der Waals surface area contributed by atoms with Crippen LogP contribution in [0, 0.1) is 5.92 Å². The SMILES string of the molecule is O=C(NCCCN1C(=O)CCC1=O)C1CCN(C(=O)COc2ccccc2)CC1. The molecule has 0 bridgehead atoms. The van der Waals surface area contributed by atoms with Gasteiger partial charge in [-0.1, -0.05) is 18.2 Å². The average Bonchev–Trinajstić information content (AvgIpc) is 3.07. The lowest BCUT2D eigenvalue weighted by Crippen LogP contribution is -2.44. The number of rotatable bonds is 8. The number of para-hydroxylation sites is 1. The molecule has 4 amide bonds. The zero-order chi connectivity index (χ0) is 20.6. The first-order chi connectivity index (χ1) is 14.0. The van der Waals surface area contributed by atoms with Gasteiger partial charge in [-0.15, -0.1) is 0 Å². The van der Waals surface area contributed by atoms with Crippen LogP contribution in [0.3, 0.4) is 0 Å². The molecule has 0 aromatic heterocycles. The predicted molar refractivity (Wildman–Crippen MR) is 105 cm³/mol. The summed E-state index contributed by atoms with van der Waals surface area (Å²) < 4.78 is 5.50. The zero-order valence-corrected chi connectivity index (χ0v) is 16.5. The molecular weight excluding hydrogens is 374 g/mol. The van der Waals surface area contributed by atoms with Crippen molar-refractivity contribution in [2.75, 3.05) is 32.8 Å². The Morgan fingerprint density at radius 1 is 1.03 bits per heavy atom. The van der Waals surface area contributed by atoms with Gasteiger partial charge in [-0.05, 0) is 31.4 Å². The van der Waals surface area contributed by atoms with E-state index in [0.29, 0.717) is 64.0 Å². The number of likely N-dealkylation sites (tertiary alicyclic amines) is 2. The van der Waals surface area contributed by atoms with Gasteiger partial charge in [-0.25, -0.2) is 0 Å². The lowest BCUT2D eigenvalue weighted by molar-refractivity contribution is -0.138. The van der Waals surface area contributed by atoms with Crippen LogP contribution in [0.1, 0.15) is 32.1 Å². The largest absolute Gasteiger partial charge is 0.484 e. The van der Waals surface area contributed by atoms with Crippen LogP contribution in [0.4, 0.5) is 0 Å². The van der Waals surface area contributed by atoms with Gasteiger partial charge in [0.2, 0.25) is 17.7 Å². The van der Waals surface area contributed by atoms with Gasteiger partial charge in [0.05, 0.1) is 0 Å². The van der Waals surface area contributed by atoms with Gasteiger partial charge in [-0.3, -0.25) is 24.1 Å². The summed E-state index contributed by atoms with van der Waals surface area (Å²) in [4.78, 5) is 50.7. The van der Waals surface area contributed by atoms with E-state index in [4.69, 9.17) is 4.74 Å². The van der Waals surface area contributed by atoms with Crippen molar-refractivity contribution >= 4 is 23.6 Å². The second-order valence-electron chi connectivity index (χ2n) is 7.34. The van der Waals surface area contributed by atoms with Crippen LogP contribution < -0.4 is 10.1 Å². The number of benzene rings is 1. The van der Waals surface area contributed by atoms with E-state index in [2.05, 4.69) is 5.32 Å². The summed E-state index contributed by atoms with van der Waals surface area (Å²) in [6.07, 6.45) is 2.37. The number of hydrogen-bond donors (Lipinski definition) is 1. The number of imide groups is 1. The van der Waals surface area contributed by atoms with Crippen LogP contribution >= 0.6 is 0 Å². The highest BCUT2D eigenvalue weighted by molar-refractivity contribution is 6.01. The first kappa shape index (κ1) is 20.8. The fourth-order valence-corrected chi connectivity index (χ4v) is 3.61. The van der Waals surface area contributed by atoms with Crippen LogP contribution in [0.15, 0.2) is 30.3 Å². The quantitative estimate of drug-likeness (QED) is 0.517. The van der Waals surface area contributed by atoms with Crippen LogP contribution in [0.2, 0.25) is 0 Å². The van der Waals surface area contributed by atoms with Crippen LogP contribution in [-0.2, 0) is 19.2 Å². The topological polar surface area (TPSA) is 96.0 Å². The summed E-state index contributed by atoms with van der Waals surface area (Å²) >= 11 is 0. The van der Waals surface area contributed by atoms with Gasteiger partial charge in [0.25, 0.3) is 5.91 Å². The zero-order valence-electron chi connectivity index (χ0n) is 16.5. The lowest BCUT2D eigenvalue weighted by atomic mass is 9.96. The molecule has 2 saturated heterocycles. The van der Waals surface area contributed by atoms with Crippen molar-refractivity contribution in [3.63, 3.8) is 0 Å². The van der Waals surface area contributed by atoms with E-state index in [0.717, 1.165) is 0 Å². The summed E-state index contributed by atoms with van der Waals surface area (Å²) in [6, 6.07) is 9.20.